The van der Waals surface area contributed by atoms with Crippen LogP contribution in [-0.2, 0) is 11.8 Å². The number of rotatable bonds is 7. The summed E-state index contributed by atoms with van der Waals surface area (Å²) < 4.78 is 13.6. The third-order valence-electron chi connectivity index (χ3n) is 14.6. The van der Waals surface area contributed by atoms with Gasteiger partial charge < -0.3 is 13.7 Å². The van der Waals surface area contributed by atoms with Crippen molar-refractivity contribution in [2.45, 2.75) is 18.3 Å². The predicted octanol–water partition coefficient (Wildman–Crippen LogP) is 17.4. The van der Waals surface area contributed by atoms with Gasteiger partial charge in [0, 0.05) is 55.2 Å². The molecule has 0 saturated carbocycles. The Morgan fingerprint density at radius 2 is 1.04 bits per heavy atom. The molecular weight excluding hydrogens is 827 g/mol. The fourth-order valence-electron chi connectivity index (χ4n) is 11.7. The summed E-state index contributed by atoms with van der Waals surface area (Å²) in [5.41, 5.74) is 18.6. The Kier molecular flexibility index (Phi) is 8.63. The van der Waals surface area contributed by atoms with E-state index in [9.17, 15) is 0 Å². The first-order valence-corrected chi connectivity index (χ1v) is 23.6. The average Bonchev–Trinajstić information content (AvgIpc) is 4.09. The molecule has 12 aromatic rings. The average molecular weight is 870 g/mol. The van der Waals surface area contributed by atoms with Crippen molar-refractivity contribution in [3.05, 3.63) is 276 Å². The molecule has 68 heavy (non-hydrogen) atoms. The number of nitrogens with zero attached hydrogens (tertiary/aromatic N) is 1. The first-order chi connectivity index (χ1) is 33.7. The van der Waals surface area contributed by atoms with Crippen LogP contribution >= 0.6 is 0 Å². The van der Waals surface area contributed by atoms with Crippen molar-refractivity contribution in [3.8, 4) is 22.3 Å². The standard InChI is InChI=1S/C65H43NO2/c1-3-18-44(19-4-1)65(45-20-5-2-6-21-45)58-30-12-9-23-50(58)51-40-38-47(41-59(51)65)66(46-36-33-43(34-37-46)49-26-15-28-55-53-25-11-14-32-61(53)67-62(49)55)60-31-13-10-24-52(60)54-27-16-29-56-57-39-35-42-17-7-8-22-48(42)63(57)68-64(54)56/h1-14,16-27,29-41H,15,28H2. The summed E-state index contributed by atoms with van der Waals surface area (Å²) >= 11 is 0. The lowest BCUT2D eigenvalue weighted by atomic mass is 9.67. The molecule has 0 N–H and O–H groups in total. The lowest BCUT2D eigenvalue weighted by molar-refractivity contribution is 0.591. The Bertz CT molecular complexity index is 3930. The van der Waals surface area contributed by atoms with Gasteiger partial charge in [-0.2, -0.15) is 0 Å². The molecular formula is C65H43NO2. The lowest BCUT2D eigenvalue weighted by Crippen LogP contribution is -2.28. The zero-order chi connectivity index (χ0) is 44.8. The van der Waals surface area contributed by atoms with Crippen LogP contribution in [0.5, 0.6) is 0 Å². The predicted molar refractivity (Wildman–Crippen MR) is 280 cm³/mol. The SMILES string of the molecule is C1=C(c2ccc(N(c3ccc4c(c3)C(c3ccccc3)(c3ccccc3)c3ccccc3-4)c3ccccc3-c3cccc4c3oc3c5ccccc5ccc43)cc2)c2oc3ccccc3c2CC1. The van der Waals surface area contributed by atoms with E-state index in [4.69, 9.17) is 8.83 Å². The van der Waals surface area contributed by atoms with E-state index in [0.717, 1.165) is 96.2 Å². The maximum Gasteiger partial charge on any atom is 0.143 e. The number of para-hydroxylation sites is 3. The van der Waals surface area contributed by atoms with E-state index in [1.165, 1.54) is 44.3 Å². The fourth-order valence-corrected chi connectivity index (χ4v) is 11.7. The maximum absolute atomic E-state index is 7.02. The fraction of sp³-hybridized carbons (Fsp3) is 0.0462. The molecule has 0 spiro atoms. The van der Waals surface area contributed by atoms with Gasteiger partial charge in [-0.25, -0.2) is 0 Å². The van der Waals surface area contributed by atoms with Crippen LogP contribution in [0.4, 0.5) is 17.1 Å². The minimum Gasteiger partial charge on any atom is -0.456 e. The number of furan rings is 2. The number of aryl methyl sites for hydroxylation is 1. The van der Waals surface area contributed by atoms with Gasteiger partial charge in [-0.15, -0.1) is 0 Å². The normalized spacial score (nSPS) is 13.7. The molecule has 2 aliphatic carbocycles. The molecule has 2 aromatic heterocycles. The monoisotopic (exact) mass is 869 g/mol. The molecule has 0 unspecified atom stereocenters. The van der Waals surface area contributed by atoms with E-state index < -0.39 is 5.41 Å². The molecule has 10 aromatic carbocycles. The van der Waals surface area contributed by atoms with Gasteiger partial charge in [0.15, 0.2) is 0 Å². The second kappa shape index (κ2) is 15.2. The Morgan fingerprint density at radius 1 is 0.412 bits per heavy atom. The van der Waals surface area contributed by atoms with Crippen LogP contribution in [0.25, 0.3) is 71.5 Å². The highest BCUT2D eigenvalue weighted by molar-refractivity contribution is 6.17. The summed E-state index contributed by atoms with van der Waals surface area (Å²) in [4.78, 5) is 2.45. The number of allylic oxidation sites excluding steroid dienone is 1. The quantitative estimate of drug-likeness (QED) is 0.160. The van der Waals surface area contributed by atoms with E-state index in [2.05, 4.69) is 241 Å². The summed E-state index contributed by atoms with van der Waals surface area (Å²) in [5, 5.41) is 5.71. The molecule has 3 heteroatoms. The Hall–Kier alpha value is -8.66. The van der Waals surface area contributed by atoms with Crippen molar-refractivity contribution in [2.75, 3.05) is 4.90 Å². The second-order valence-corrected chi connectivity index (χ2v) is 18.2. The molecule has 0 fully saturated rings. The van der Waals surface area contributed by atoms with Crippen molar-refractivity contribution >= 4 is 66.3 Å². The van der Waals surface area contributed by atoms with E-state index in [0.29, 0.717) is 0 Å². The number of benzene rings is 10. The van der Waals surface area contributed by atoms with Crippen LogP contribution in [0.15, 0.2) is 245 Å². The van der Waals surface area contributed by atoms with Gasteiger partial charge in [-0.3, -0.25) is 0 Å². The first-order valence-electron chi connectivity index (χ1n) is 23.6. The van der Waals surface area contributed by atoms with Gasteiger partial charge >= 0.3 is 0 Å². The van der Waals surface area contributed by atoms with Crippen molar-refractivity contribution in [1.82, 2.24) is 0 Å². The van der Waals surface area contributed by atoms with E-state index >= 15 is 0 Å². The Balaban J connectivity index is 0.999. The van der Waals surface area contributed by atoms with Crippen molar-refractivity contribution in [2.24, 2.45) is 0 Å². The zero-order valence-electron chi connectivity index (χ0n) is 37.2. The highest BCUT2D eigenvalue weighted by Gasteiger charge is 2.46. The minimum atomic E-state index is -0.556. The van der Waals surface area contributed by atoms with Gasteiger partial charge in [-0.05, 0) is 99.6 Å². The summed E-state index contributed by atoms with van der Waals surface area (Å²) in [6.45, 7) is 0. The molecule has 0 radical (unpaired) electrons. The molecule has 0 atom stereocenters. The van der Waals surface area contributed by atoms with Gasteiger partial charge in [0.25, 0.3) is 0 Å². The van der Waals surface area contributed by atoms with Crippen LogP contribution in [0.2, 0.25) is 0 Å². The third kappa shape index (κ3) is 5.66. The van der Waals surface area contributed by atoms with Crippen LogP contribution in [-0.4, -0.2) is 0 Å². The maximum atomic E-state index is 7.02. The number of anilines is 3. The molecule has 0 amide bonds. The van der Waals surface area contributed by atoms with E-state index in [1.54, 1.807) is 0 Å². The molecule has 14 rings (SSSR count). The largest absolute Gasteiger partial charge is 0.456 e. The molecule has 3 nitrogen and oxygen atoms in total. The summed E-state index contributed by atoms with van der Waals surface area (Å²) in [6, 6.07) is 84.0. The Labute approximate surface area is 394 Å². The third-order valence-corrected chi connectivity index (χ3v) is 14.6. The molecule has 2 aliphatic rings. The molecule has 0 aliphatic heterocycles. The van der Waals surface area contributed by atoms with Gasteiger partial charge in [0.05, 0.1) is 11.1 Å². The van der Waals surface area contributed by atoms with Crippen LogP contribution in [0.3, 0.4) is 0 Å². The van der Waals surface area contributed by atoms with Gasteiger partial charge in [0.2, 0.25) is 0 Å². The Morgan fingerprint density at radius 3 is 1.87 bits per heavy atom. The first kappa shape index (κ1) is 38.6. The highest BCUT2D eigenvalue weighted by atomic mass is 16.3. The van der Waals surface area contributed by atoms with Gasteiger partial charge in [0.1, 0.15) is 22.5 Å². The summed E-state index contributed by atoms with van der Waals surface area (Å²) in [6.07, 6.45) is 4.29. The number of fused-ring (bicyclic) bond motifs is 11. The number of hydrogen-bond acceptors (Lipinski definition) is 3. The van der Waals surface area contributed by atoms with E-state index in [1.807, 2.05) is 0 Å². The van der Waals surface area contributed by atoms with Crippen molar-refractivity contribution in [3.63, 3.8) is 0 Å². The second-order valence-electron chi connectivity index (χ2n) is 18.2. The topological polar surface area (TPSA) is 29.5 Å². The molecule has 0 saturated heterocycles. The molecule has 0 bridgehead atoms. The zero-order valence-corrected chi connectivity index (χ0v) is 37.2. The van der Waals surface area contributed by atoms with Crippen LogP contribution < -0.4 is 4.90 Å². The highest BCUT2D eigenvalue weighted by Crippen LogP contribution is 2.58. The number of hydrogen-bond donors (Lipinski definition) is 0. The minimum absolute atomic E-state index is 0.556. The van der Waals surface area contributed by atoms with E-state index in [-0.39, 0.29) is 0 Å². The van der Waals surface area contributed by atoms with Crippen LogP contribution in [0.1, 0.15) is 45.6 Å². The van der Waals surface area contributed by atoms with Crippen molar-refractivity contribution < 1.29 is 8.83 Å². The van der Waals surface area contributed by atoms with Crippen molar-refractivity contribution in [1.29, 1.82) is 0 Å². The summed E-state index contributed by atoms with van der Waals surface area (Å²) in [5.74, 6) is 0.982. The summed E-state index contributed by atoms with van der Waals surface area (Å²) in [7, 11) is 0. The van der Waals surface area contributed by atoms with Crippen LogP contribution in [0, 0.1) is 0 Å². The lowest BCUT2D eigenvalue weighted by Gasteiger charge is -2.35. The van der Waals surface area contributed by atoms with Gasteiger partial charge in [-0.1, -0.05) is 194 Å². The molecule has 320 valence electrons. The smallest absolute Gasteiger partial charge is 0.143 e. The molecule has 2 heterocycles.